The zero-order chi connectivity index (χ0) is 22.2. The standard InChI is InChI=1S/C26H29N5S/c1-3-9-22(18-27-2)31(23-11-8-14-28-19-23)20-21-10-7-15-29-26(21)30-16-17-32-25-13-6-4-5-12-24(25)30/h5-8,10-15,18-19H,2-4,9,16-17,20H2,1H3/b22-18+. The fraction of sp³-hybridized carbons (Fsp3) is 0.269. The number of anilines is 2. The molecule has 2 aromatic rings. The van der Waals surface area contributed by atoms with Crippen LogP contribution in [0.25, 0.3) is 0 Å². The summed E-state index contributed by atoms with van der Waals surface area (Å²) in [5, 5.41) is 0. The molecule has 0 aromatic carbocycles. The van der Waals surface area contributed by atoms with Gasteiger partial charge >= 0.3 is 0 Å². The Morgan fingerprint density at radius 3 is 2.94 bits per heavy atom. The van der Waals surface area contributed by atoms with Crippen molar-refractivity contribution < 1.29 is 0 Å². The number of thioether (sulfide) groups is 1. The maximum Gasteiger partial charge on any atom is 0.138 e. The highest BCUT2D eigenvalue weighted by Gasteiger charge is 2.24. The third-order valence-corrected chi connectivity index (χ3v) is 6.48. The molecule has 0 spiro atoms. The van der Waals surface area contributed by atoms with Crippen molar-refractivity contribution in [2.24, 2.45) is 4.99 Å². The molecule has 0 radical (unpaired) electrons. The second-order valence-electron chi connectivity index (χ2n) is 7.63. The van der Waals surface area contributed by atoms with Crippen LogP contribution in [0.4, 0.5) is 11.5 Å². The topological polar surface area (TPSA) is 44.6 Å². The van der Waals surface area contributed by atoms with E-state index in [4.69, 9.17) is 4.98 Å². The molecule has 0 saturated heterocycles. The first-order chi connectivity index (χ1) is 15.8. The van der Waals surface area contributed by atoms with E-state index < -0.39 is 0 Å². The third-order valence-electron chi connectivity index (χ3n) is 5.44. The Balaban J connectivity index is 1.74. The molecule has 1 aliphatic heterocycles. The molecular formula is C26H29N5S. The normalized spacial score (nSPS) is 16.0. The summed E-state index contributed by atoms with van der Waals surface area (Å²) >= 11 is 1.92. The number of aromatic nitrogens is 2. The van der Waals surface area contributed by atoms with Crippen LogP contribution in [0.5, 0.6) is 0 Å². The van der Waals surface area contributed by atoms with E-state index in [1.807, 2.05) is 42.5 Å². The molecule has 0 saturated carbocycles. The van der Waals surface area contributed by atoms with E-state index in [0.717, 1.165) is 48.8 Å². The SMILES string of the molecule is C=N/C=C(\CCC)N(Cc1cccnc1N1CCSC2=C1C=CCC=C2)c1cccnc1. The first kappa shape index (κ1) is 22.1. The van der Waals surface area contributed by atoms with Gasteiger partial charge in [0.05, 0.1) is 24.1 Å². The van der Waals surface area contributed by atoms with E-state index in [9.17, 15) is 0 Å². The Kier molecular flexibility index (Phi) is 7.56. The summed E-state index contributed by atoms with van der Waals surface area (Å²) in [6, 6.07) is 8.26. The lowest BCUT2D eigenvalue weighted by molar-refractivity contribution is 0.794. The Morgan fingerprint density at radius 1 is 1.25 bits per heavy atom. The number of hydrogen-bond acceptors (Lipinski definition) is 6. The number of aliphatic imine (C=N–C) groups is 1. The van der Waals surface area contributed by atoms with E-state index in [1.54, 1.807) is 6.20 Å². The second kappa shape index (κ2) is 11.0. The van der Waals surface area contributed by atoms with Crippen molar-refractivity contribution in [3.05, 3.63) is 95.2 Å². The fourth-order valence-electron chi connectivity index (χ4n) is 4.00. The summed E-state index contributed by atoms with van der Waals surface area (Å²) in [4.78, 5) is 19.3. The maximum atomic E-state index is 4.85. The van der Waals surface area contributed by atoms with Gasteiger partial charge in [-0.25, -0.2) is 4.98 Å². The molecule has 0 amide bonds. The largest absolute Gasteiger partial charge is 0.338 e. The molecule has 3 heterocycles. The van der Waals surface area contributed by atoms with Crippen LogP contribution in [0, 0.1) is 0 Å². The van der Waals surface area contributed by atoms with Gasteiger partial charge in [-0.2, -0.15) is 0 Å². The first-order valence-corrected chi connectivity index (χ1v) is 12.0. The van der Waals surface area contributed by atoms with Gasteiger partial charge in [0.1, 0.15) is 5.82 Å². The van der Waals surface area contributed by atoms with Gasteiger partial charge in [-0.05, 0) is 43.8 Å². The summed E-state index contributed by atoms with van der Waals surface area (Å²) in [5.41, 5.74) is 4.57. The van der Waals surface area contributed by atoms with Gasteiger partial charge in [0.25, 0.3) is 0 Å². The van der Waals surface area contributed by atoms with Crippen LogP contribution in [0.2, 0.25) is 0 Å². The van der Waals surface area contributed by atoms with Crippen molar-refractivity contribution in [3.8, 4) is 0 Å². The molecular weight excluding hydrogens is 414 g/mol. The number of pyridine rings is 2. The maximum absolute atomic E-state index is 4.85. The quantitative estimate of drug-likeness (QED) is 0.461. The lowest BCUT2D eigenvalue weighted by Crippen LogP contribution is -2.31. The zero-order valence-corrected chi connectivity index (χ0v) is 19.3. The molecule has 6 heteroatoms. The number of nitrogens with zero attached hydrogens (tertiary/aromatic N) is 5. The van der Waals surface area contributed by atoms with Gasteiger partial charge in [-0.15, -0.1) is 11.8 Å². The monoisotopic (exact) mass is 443 g/mol. The summed E-state index contributed by atoms with van der Waals surface area (Å²) < 4.78 is 0. The summed E-state index contributed by atoms with van der Waals surface area (Å²) in [5.74, 6) is 2.05. The van der Waals surface area contributed by atoms with E-state index in [-0.39, 0.29) is 0 Å². The molecule has 0 unspecified atom stereocenters. The molecule has 4 rings (SSSR count). The average molecular weight is 444 g/mol. The van der Waals surface area contributed by atoms with Gasteiger partial charge in [-0.1, -0.05) is 37.6 Å². The molecule has 0 atom stereocenters. The molecule has 0 fully saturated rings. The van der Waals surface area contributed by atoms with Crippen molar-refractivity contribution in [2.75, 3.05) is 22.1 Å². The highest BCUT2D eigenvalue weighted by atomic mass is 32.2. The number of hydrogen-bond donors (Lipinski definition) is 0. The third kappa shape index (κ3) is 5.02. The van der Waals surface area contributed by atoms with Gasteiger partial charge in [0.15, 0.2) is 0 Å². The minimum Gasteiger partial charge on any atom is -0.338 e. The first-order valence-electron chi connectivity index (χ1n) is 11.1. The molecule has 164 valence electrons. The van der Waals surface area contributed by atoms with E-state index in [2.05, 4.69) is 69.9 Å². The summed E-state index contributed by atoms with van der Waals surface area (Å²) in [7, 11) is 0. The zero-order valence-electron chi connectivity index (χ0n) is 18.5. The van der Waals surface area contributed by atoms with Gasteiger partial charge < -0.3 is 9.80 Å². The molecule has 1 aliphatic carbocycles. The smallest absolute Gasteiger partial charge is 0.138 e. The molecule has 2 aromatic heterocycles. The summed E-state index contributed by atoms with van der Waals surface area (Å²) in [6.07, 6.45) is 19.3. The number of rotatable bonds is 8. The fourth-order valence-corrected chi connectivity index (χ4v) is 5.02. The number of allylic oxidation sites excluding steroid dienone is 5. The molecule has 5 nitrogen and oxygen atoms in total. The lowest BCUT2D eigenvalue weighted by Gasteiger charge is -2.33. The van der Waals surface area contributed by atoms with E-state index in [0.29, 0.717) is 6.54 Å². The Morgan fingerprint density at radius 2 is 2.12 bits per heavy atom. The highest BCUT2D eigenvalue weighted by molar-refractivity contribution is 8.03. The van der Waals surface area contributed by atoms with Gasteiger partial charge in [0.2, 0.25) is 0 Å². The average Bonchev–Trinajstić information content (AvgIpc) is 3.09. The van der Waals surface area contributed by atoms with Crippen LogP contribution >= 0.6 is 11.8 Å². The van der Waals surface area contributed by atoms with Crippen LogP contribution in [0.3, 0.4) is 0 Å². The predicted molar refractivity (Wildman–Crippen MR) is 137 cm³/mol. The molecule has 2 aliphatic rings. The minimum atomic E-state index is 0.683. The van der Waals surface area contributed by atoms with Crippen molar-refractivity contribution in [3.63, 3.8) is 0 Å². The van der Waals surface area contributed by atoms with Crippen LogP contribution in [-0.4, -0.2) is 29.0 Å². The van der Waals surface area contributed by atoms with Crippen LogP contribution in [0.15, 0.2) is 94.7 Å². The van der Waals surface area contributed by atoms with Crippen molar-refractivity contribution in [1.29, 1.82) is 0 Å². The van der Waals surface area contributed by atoms with Gasteiger partial charge in [-0.3, -0.25) is 9.98 Å². The minimum absolute atomic E-state index is 0.683. The Bertz CT molecular complexity index is 1050. The predicted octanol–water partition coefficient (Wildman–Crippen LogP) is 6.11. The molecule has 32 heavy (non-hydrogen) atoms. The van der Waals surface area contributed by atoms with Crippen molar-refractivity contribution in [1.82, 2.24) is 9.97 Å². The van der Waals surface area contributed by atoms with Gasteiger partial charge in [0, 0.05) is 47.1 Å². The van der Waals surface area contributed by atoms with Crippen molar-refractivity contribution in [2.45, 2.75) is 32.7 Å². The highest BCUT2D eigenvalue weighted by Crippen LogP contribution is 2.36. The summed E-state index contributed by atoms with van der Waals surface area (Å²) in [6.45, 7) is 7.50. The van der Waals surface area contributed by atoms with Crippen LogP contribution < -0.4 is 9.80 Å². The van der Waals surface area contributed by atoms with Crippen molar-refractivity contribution >= 4 is 30.0 Å². The van der Waals surface area contributed by atoms with Crippen LogP contribution in [0.1, 0.15) is 31.7 Å². The van der Waals surface area contributed by atoms with E-state index >= 15 is 0 Å². The van der Waals surface area contributed by atoms with E-state index in [1.165, 1.54) is 16.2 Å². The Hall–Kier alpha value is -3.12. The molecule has 0 bridgehead atoms. The second-order valence-corrected chi connectivity index (χ2v) is 8.76. The lowest BCUT2D eigenvalue weighted by atomic mass is 10.1. The Labute approximate surface area is 195 Å². The molecule has 0 N–H and O–H groups in total. The van der Waals surface area contributed by atoms with Crippen LogP contribution in [-0.2, 0) is 6.54 Å².